The van der Waals surface area contributed by atoms with Crippen LogP contribution in [0.1, 0.15) is 11.1 Å². The number of carbonyl (C=O) groups is 1. The molecule has 0 fully saturated rings. The smallest absolute Gasteiger partial charge is 0.258 e. The van der Waals surface area contributed by atoms with E-state index in [1.54, 1.807) is 12.1 Å². The molecule has 4 heteroatoms. The minimum absolute atomic E-state index is 0.0185. The Balaban J connectivity index is 1.79. The average Bonchev–Trinajstić information content (AvgIpc) is 2.47. The van der Waals surface area contributed by atoms with Crippen LogP contribution in [0.5, 0.6) is 5.75 Å². The second-order valence-corrected chi connectivity index (χ2v) is 4.57. The second kappa shape index (κ2) is 6.61. The summed E-state index contributed by atoms with van der Waals surface area (Å²) in [7, 11) is 0. The van der Waals surface area contributed by atoms with Crippen LogP contribution in [0.15, 0.2) is 48.5 Å². The summed E-state index contributed by atoms with van der Waals surface area (Å²) in [6.45, 7) is 2.40. The molecule has 1 amide bonds. The average molecular weight is 270 g/mol. The van der Waals surface area contributed by atoms with Crippen LogP contribution in [-0.2, 0) is 11.3 Å². The lowest BCUT2D eigenvalue weighted by Gasteiger charge is -2.09. The summed E-state index contributed by atoms with van der Waals surface area (Å²) in [5.74, 6) is 0.441. The number of carbonyl (C=O) groups excluding carboxylic acids is 1. The molecule has 0 radical (unpaired) electrons. The van der Waals surface area contributed by atoms with Crippen molar-refractivity contribution >= 4 is 11.6 Å². The normalized spacial score (nSPS) is 10.1. The van der Waals surface area contributed by atoms with Crippen LogP contribution in [0, 0.1) is 6.92 Å². The van der Waals surface area contributed by atoms with E-state index in [0.29, 0.717) is 18.0 Å². The Morgan fingerprint density at radius 3 is 2.65 bits per heavy atom. The summed E-state index contributed by atoms with van der Waals surface area (Å²) in [5.41, 5.74) is 8.49. The molecule has 0 aromatic heterocycles. The van der Waals surface area contributed by atoms with Gasteiger partial charge in [-0.05, 0) is 24.1 Å². The molecule has 2 aromatic carbocycles. The molecule has 2 rings (SSSR count). The minimum Gasteiger partial charge on any atom is -0.484 e. The third kappa shape index (κ3) is 4.02. The van der Waals surface area contributed by atoms with Crippen molar-refractivity contribution < 1.29 is 9.53 Å². The Labute approximate surface area is 118 Å². The third-order valence-electron chi connectivity index (χ3n) is 2.95. The van der Waals surface area contributed by atoms with Crippen LogP contribution in [0.4, 0.5) is 5.69 Å². The van der Waals surface area contributed by atoms with Gasteiger partial charge in [-0.1, -0.05) is 36.4 Å². The van der Waals surface area contributed by atoms with Crippen molar-refractivity contribution in [1.29, 1.82) is 0 Å². The Hall–Kier alpha value is -2.49. The standard InChI is InChI=1S/C16H18N2O2/c1-12-7-8-14(9-15(12)17)20-11-16(19)18-10-13-5-3-2-4-6-13/h2-9H,10-11,17H2,1H3,(H,18,19). The van der Waals surface area contributed by atoms with Crippen LogP contribution in [0.25, 0.3) is 0 Å². The molecule has 0 spiro atoms. The summed E-state index contributed by atoms with van der Waals surface area (Å²) in [4.78, 5) is 11.7. The number of nitrogens with one attached hydrogen (secondary N) is 1. The summed E-state index contributed by atoms with van der Waals surface area (Å²) < 4.78 is 5.40. The number of anilines is 1. The SMILES string of the molecule is Cc1ccc(OCC(=O)NCc2ccccc2)cc1N. The van der Waals surface area contributed by atoms with Gasteiger partial charge in [-0.3, -0.25) is 4.79 Å². The number of nitrogen functional groups attached to an aromatic ring is 1. The highest BCUT2D eigenvalue weighted by molar-refractivity contribution is 5.77. The Bertz CT molecular complexity index is 582. The first-order valence-electron chi connectivity index (χ1n) is 6.44. The molecule has 0 heterocycles. The topological polar surface area (TPSA) is 64.3 Å². The van der Waals surface area contributed by atoms with Crippen LogP contribution in [-0.4, -0.2) is 12.5 Å². The summed E-state index contributed by atoms with van der Waals surface area (Å²) >= 11 is 0. The molecule has 0 aliphatic carbocycles. The molecule has 3 N–H and O–H groups in total. The highest BCUT2D eigenvalue weighted by Gasteiger charge is 2.03. The van der Waals surface area contributed by atoms with Gasteiger partial charge in [-0.25, -0.2) is 0 Å². The minimum atomic E-state index is -0.159. The maximum Gasteiger partial charge on any atom is 0.258 e. The van der Waals surface area contributed by atoms with Crippen molar-refractivity contribution in [3.8, 4) is 5.75 Å². The molecule has 0 atom stereocenters. The largest absolute Gasteiger partial charge is 0.484 e. The van der Waals surface area contributed by atoms with Crippen LogP contribution in [0.3, 0.4) is 0 Å². The van der Waals surface area contributed by atoms with Gasteiger partial charge in [-0.15, -0.1) is 0 Å². The molecule has 0 unspecified atom stereocenters. The van der Waals surface area contributed by atoms with Crippen molar-refractivity contribution in [3.63, 3.8) is 0 Å². The quantitative estimate of drug-likeness (QED) is 0.819. The first kappa shape index (κ1) is 13.9. The maximum atomic E-state index is 11.7. The fraction of sp³-hybridized carbons (Fsp3) is 0.188. The molecule has 0 bridgehead atoms. The van der Waals surface area contributed by atoms with Gasteiger partial charge in [-0.2, -0.15) is 0 Å². The van der Waals surface area contributed by atoms with Gasteiger partial charge in [0, 0.05) is 18.3 Å². The number of hydrogen-bond acceptors (Lipinski definition) is 3. The fourth-order valence-electron chi connectivity index (χ4n) is 1.70. The summed E-state index contributed by atoms with van der Waals surface area (Å²) in [5, 5.41) is 2.80. The van der Waals surface area contributed by atoms with E-state index in [9.17, 15) is 4.79 Å². The lowest BCUT2D eigenvalue weighted by Crippen LogP contribution is -2.28. The molecule has 20 heavy (non-hydrogen) atoms. The van der Waals surface area contributed by atoms with E-state index >= 15 is 0 Å². The molecule has 2 aromatic rings. The molecule has 104 valence electrons. The van der Waals surface area contributed by atoms with Gasteiger partial charge in [0.2, 0.25) is 0 Å². The van der Waals surface area contributed by atoms with Crippen LogP contribution < -0.4 is 15.8 Å². The van der Waals surface area contributed by atoms with Crippen molar-refractivity contribution in [2.45, 2.75) is 13.5 Å². The highest BCUT2D eigenvalue weighted by Crippen LogP contribution is 2.18. The van der Waals surface area contributed by atoms with Gasteiger partial charge in [0.05, 0.1) is 0 Å². The second-order valence-electron chi connectivity index (χ2n) is 4.57. The number of nitrogens with two attached hydrogens (primary N) is 1. The van der Waals surface area contributed by atoms with E-state index in [1.807, 2.05) is 43.3 Å². The van der Waals surface area contributed by atoms with Gasteiger partial charge in [0.15, 0.2) is 6.61 Å². The zero-order chi connectivity index (χ0) is 14.4. The van der Waals surface area contributed by atoms with Crippen molar-refractivity contribution in [1.82, 2.24) is 5.32 Å². The number of ether oxygens (including phenoxy) is 1. The first-order valence-corrected chi connectivity index (χ1v) is 6.44. The lowest BCUT2D eigenvalue weighted by molar-refractivity contribution is -0.123. The van der Waals surface area contributed by atoms with E-state index in [2.05, 4.69) is 5.32 Å². The van der Waals surface area contributed by atoms with Crippen molar-refractivity contribution in [2.24, 2.45) is 0 Å². The van der Waals surface area contributed by atoms with Crippen molar-refractivity contribution in [2.75, 3.05) is 12.3 Å². The predicted molar refractivity (Wildman–Crippen MR) is 79.4 cm³/mol. The van der Waals surface area contributed by atoms with Gasteiger partial charge in [0.1, 0.15) is 5.75 Å². The fourth-order valence-corrected chi connectivity index (χ4v) is 1.70. The lowest BCUT2D eigenvalue weighted by atomic mass is 10.2. The van der Waals surface area contributed by atoms with E-state index in [-0.39, 0.29) is 12.5 Å². The monoisotopic (exact) mass is 270 g/mol. The zero-order valence-corrected chi connectivity index (χ0v) is 11.4. The molecule has 0 aliphatic heterocycles. The van der Waals surface area contributed by atoms with Gasteiger partial charge in [0.25, 0.3) is 5.91 Å². The van der Waals surface area contributed by atoms with E-state index in [4.69, 9.17) is 10.5 Å². The number of rotatable bonds is 5. The Kier molecular flexibility index (Phi) is 4.60. The van der Waals surface area contributed by atoms with Crippen molar-refractivity contribution in [3.05, 3.63) is 59.7 Å². The third-order valence-corrected chi connectivity index (χ3v) is 2.95. The zero-order valence-electron chi connectivity index (χ0n) is 11.4. The van der Waals surface area contributed by atoms with Gasteiger partial charge >= 0.3 is 0 Å². The number of aryl methyl sites for hydroxylation is 1. The number of hydrogen-bond donors (Lipinski definition) is 2. The predicted octanol–water partition coefficient (Wildman–Crippen LogP) is 2.27. The summed E-state index contributed by atoms with van der Waals surface area (Å²) in [6, 6.07) is 15.1. The van der Waals surface area contributed by atoms with Gasteiger partial charge < -0.3 is 15.8 Å². The highest BCUT2D eigenvalue weighted by atomic mass is 16.5. The summed E-state index contributed by atoms with van der Waals surface area (Å²) in [6.07, 6.45) is 0. The molecule has 4 nitrogen and oxygen atoms in total. The molecule has 0 saturated carbocycles. The molecular formula is C16H18N2O2. The van der Waals surface area contributed by atoms with E-state index in [1.165, 1.54) is 0 Å². The molecule has 0 aliphatic rings. The Morgan fingerprint density at radius 1 is 1.20 bits per heavy atom. The maximum absolute atomic E-state index is 11.7. The molecule has 0 saturated heterocycles. The number of amides is 1. The van der Waals surface area contributed by atoms with E-state index < -0.39 is 0 Å². The number of benzene rings is 2. The van der Waals surface area contributed by atoms with E-state index in [0.717, 1.165) is 11.1 Å². The van der Waals surface area contributed by atoms with Crippen LogP contribution >= 0.6 is 0 Å². The first-order chi connectivity index (χ1) is 9.65. The Morgan fingerprint density at radius 2 is 1.95 bits per heavy atom. The molecular weight excluding hydrogens is 252 g/mol. The van der Waals surface area contributed by atoms with Crippen LogP contribution in [0.2, 0.25) is 0 Å².